The number of nitrogens with zero attached hydrogens (tertiary/aromatic N) is 4. The Kier molecular flexibility index (Phi) is 5.44. The summed E-state index contributed by atoms with van der Waals surface area (Å²) in [5.74, 6) is 0.458. The Bertz CT molecular complexity index is 694. The molecule has 2 aromatic heterocycles. The van der Waals surface area contributed by atoms with Crippen molar-refractivity contribution in [2.24, 2.45) is 0 Å². The molecule has 2 aliphatic rings. The molecule has 2 N–H and O–H groups in total. The smallest absolute Gasteiger partial charge is 0.291 e. The highest BCUT2D eigenvalue weighted by molar-refractivity contribution is 5.91. The highest BCUT2D eigenvalue weighted by Gasteiger charge is 2.34. The van der Waals surface area contributed by atoms with Crippen LogP contribution in [-0.4, -0.2) is 43.6 Å². The summed E-state index contributed by atoms with van der Waals surface area (Å²) in [4.78, 5) is 20.7. The predicted molar refractivity (Wildman–Crippen MR) is 90.4 cm³/mol. The van der Waals surface area contributed by atoms with Crippen LogP contribution in [0.15, 0.2) is 12.3 Å². The molecule has 126 valence electrons. The second kappa shape index (κ2) is 6.98. The van der Waals surface area contributed by atoms with Gasteiger partial charge in [-0.25, -0.2) is 9.50 Å². The number of fused-ring (bicyclic) bond motifs is 3. The van der Waals surface area contributed by atoms with Crippen LogP contribution < -0.4 is 10.6 Å². The number of piperidine rings is 1. The minimum absolute atomic E-state index is 0. The highest BCUT2D eigenvalue weighted by atomic mass is 35.5. The van der Waals surface area contributed by atoms with E-state index in [-0.39, 0.29) is 42.6 Å². The van der Waals surface area contributed by atoms with Crippen molar-refractivity contribution in [3.63, 3.8) is 0 Å². The minimum Gasteiger partial charge on any atom is -0.346 e. The fourth-order valence-corrected chi connectivity index (χ4v) is 3.43. The van der Waals surface area contributed by atoms with Crippen molar-refractivity contribution in [2.75, 3.05) is 0 Å². The van der Waals surface area contributed by atoms with Gasteiger partial charge in [0.25, 0.3) is 11.7 Å². The van der Waals surface area contributed by atoms with Crippen molar-refractivity contribution in [2.45, 2.75) is 50.7 Å². The number of hydrogen-bond acceptors (Lipinski definition) is 5. The lowest BCUT2D eigenvalue weighted by Gasteiger charge is -2.29. The first-order valence-corrected chi connectivity index (χ1v) is 7.44. The number of halogens is 2. The third-order valence-electron chi connectivity index (χ3n) is 4.44. The van der Waals surface area contributed by atoms with Crippen LogP contribution in [0.3, 0.4) is 0 Å². The summed E-state index contributed by atoms with van der Waals surface area (Å²) in [5, 5.41) is 10.9. The molecule has 0 radical (unpaired) electrons. The number of aryl methyl sites for hydroxylation is 1. The summed E-state index contributed by atoms with van der Waals surface area (Å²) in [7, 11) is 0. The van der Waals surface area contributed by atoms with E-state index in [1.54, 1.807) is 10.7 Å². The molecule has 2 saturated heterocycles. The summed E-state index contributed by atoms with van der Waals surface area (Å²) in [6, 6.07) is 3.16. The summed E-state index contributed by atoms with van der Waals surface area (Å²) in [6.45, 7) is 1.91. The van der Waals surface area contributed by atoms with Gasteiger partial charge in [0.2, 0.25) is 5.82 Å². The molecule has 0 aliphatic carbocycles. The van der Waals surface area contributed by atoms with Crippen LogP contribution in [0.25, 0.3) is 5.78 Å². The van der Waals surface area contributed by atoms with E-state index in [1.807, 2.05) is 13.0 Å². The zero-order chi connectivity index (χ0) is 14.4. The Morgan fingerprint density at radius 1 is 1.30 bits per heavy atom. The monoisotopic (exact) mass is 358 g/mol. The molecular formula is C14H20Cl2N6O. The van der Waals surface area contributed by atoms with Crippen LogP contribution in [0.2, 0.25) is 0 Å². The SMILES string of the molecule is Cc1ccnc2nc(C(=O)NC3CC4CCC(C3)N4)nn12.Cl.Cl. The molecule has 2 unspecified atom stereocenters. The molecule has 23 heavy (non-hydrogen) atoms. The van der Waals surface area contributed by atoms with Gasteiger partial charge >= 0.3 is 0 Å². The number of rotatable bonds is 2. The molecule has 2 aromatic rings. The molecule has 2 atom stereocenters. The van der Waals surface area contributed by atoms with Gasteiger partial charge in [-0.3, -0.25) is 4.79 Å². The maximum absolute atomic E-state index is 12.3. The van der Waals surface area contributed by atoms with Gasteiger partial charge < -0.3 is 10.6 Å². The number of carbonyl (C=O) groups is 1. The van der Waals surface area contributed by atoms with Gasteiger partial charge in [0.15, 0.2) is 0 Å². The largest absolute Gasteiger partial charge is 0.346 e. The minimum atomic E-state index is -0.203. The lowest BCUT2D eigenvalue weighted by atomic mass is 10.00. The third-order valence-corrected chi connectivity index (χ3v) is 4.44. The number of carbonyl (C=O) groups excluding carboxylic acids is 1. The van der Waals surface area contributed by atoms with Gasteiger partial charge in [0.05, 0.1) is 0 Å². The van der Waals surface area contributed by atoms with E-state index >= 15 is 0 Å². The van der Waals surface area contributed by atoms with Crippen LogP contribution in [0.1, 0.15) is 42.0 Å². The van der Waals surface area contributed by atoms with Crippen molar-refractivity contribution in [3.05, 3.63) is 23.8 Å². The third kappa shape index (κ3) is 3.41. The van der Waals surface area contributed by atoms with E-state index < -0.39 is 0 Å². The summed E-state index contributed by atoms with van der Waals surface area (Å²) >= 11 is 0. The highest BCUT2D eigenvalue weighted by Crippen LogP contribution is 2.26. The van der Waals surface area contributed by atoms with Crippen molar-refractivity contribution < 1.29 is 4.79 Å². The van der Waals surface area contributed by atoms with E-state index in [2.05, 4.69) is 25.7 Å². The molecule has 0 saturated carbocycles. The summed E-state index contributed by atoms with van der Waals surface area (Å²) in [5.41, 5.74) is 0.909. The van der Waals surface area contributed by atoms with Gasteiger partial charge in [-0.05, 0) is 38.7 Å². The molecule has 2 bridgehead atoms. The Labute approximate surface area is 146 Å². The van der Waals surface area contributed by atoms with Crippen LogP contribution >= 0.6 is 24.8 Å². The Morgan fingerprint density at radius 3 is 2.65 bits per heavy atom. The van der Waals surface area contributed by atoms with Crippen LogP contribution in [0.4, 0.5) is 0 Å². The quantitative estimate of drug-likeness (QED) is 0.844. The zero-order valence-corrected chi connectivity index (χ0v) is 14.4. The molecule has 4 heterocycles. The van der Waals surface area contributed by atoms with Crippen LogP contribution in [0, 0.1) is 6.92 Å². The number of hydrogen-bond donors (Lipinski definition) is 2. The Morgan fingerprint density at radius 2 is 2.00 bits per heavy atom. The van der Waals surface area contributed by atoms with Crippen molar-refractivity contribution in [3.8, 4) is 0 Å². The first-order valence-electron chi connectivity index (χ1n) is 7.44. The van der Waals surface area contributed by atoms with E-state index in [0.29, 0.717) is 17.9 Å². The van der Waals surface area contributed by atoms with Crippen LogP contribution in [0.5, 0.6) is 0 Å². The number of amides is 1. The topological polar surface area (TPSA) is 84.2 Å². The Hall–Kier alpha value is -1.44. The summed E-state index contributed by atoms with van der Waals surface area (Å²) in [6.07, 6.45) is 6.09. The lowest BCUT2D eigenvalue weighted by molar-refractivity contribution is 0.0913. The molecule has 2 fully saturated rings. The van der Waals surface area contributed by atoms with Crippen LogP contribution in [-0.2, 0) is 0 Å². The molecule has 9 heteroatoms. The van der Waals surface area contributed by atoms with E-state index in [0.717, 1.165) is 18.5 Å². The lowest BCUT2D eigenvalue weighted by Crippen LogP contribution is -2.48. The van der Waals surface area contributed by atoms with Gasteiger partial charge in [-0.2, -0.15) is 4.98 Å². The van der Waals surface area contributed by atoms with Crippen molar-refractivity contribution in [1.82, 2.24) is 30.2 Å². The van der Waals surface area contributed by atoms with E-state index in [9.17, 15) is 4.79 Å². The van der Waals surface area contributed by atoms with Gasteiger partial charge in [-0.15, -0.1) is 29.9 Å². The summed E-state index contributed by atoms with van der Waals surface area (Å²) < 4.78 is 1.60. The maximum Gasteiger partial charge on any atom is 0.291 e. The zero-order valence-electron chi connectivity index (χ0n) is 12.7. The van der Waals surface area contributed by atoms with Gasteiger partial charge in [-0.1, -0.05) is 0 Å². The molecule has 4 rings (SSSR count). The standard InChI is InChI=1S/C14H18N6O.2ClH/c1-8-4-5-15-14-18-12(19-20(8)14)13(21)17-11-6-9-2-3-10(7-11)16-9;;/h4-5,9-11,16H,2-3,6-7H2,1H3,(H,17,21);2*1H. The second-order valence-corrected chi connectivity index (χ2v) is 6.01. The number of nitrogens with one attached hydrogen (secondary N) is 2. The molecular weight excluding hydrogens is 339 g/mol. The van der Waals surface area contributed by atoms with Gasteiger partial charge in [0.1, 0.15) is 0 Å². The van der Waals surface area contributed by atoms with E-state index in [4.69, 9.17) is 0 Å². The second-order valence-electron chi connectivity index (χ2n) is 6.01. The fourth-order valence-electron chi connectivity index (χ4n) is 3.43. The fraction of sp³-hybridized carbons (Fsp3) is 0.571. The average molecular weight is 359 g/mol. The molecule has 7 nitrogen and oxygen atoms in total. The first kappa shape index (κ1) is 17.9. The number of aromatic nitrogens is 4. The normalized spacial score (nSPS) is 25.5. The average Bonchev–Trinajstić information content (AvgIpc) is 3.03. The molecule has 0 spiro atoms. The molecule has 0 aromatic carbocycles. The predicted octanol–water partition coefficient (Wildman–Crippen LogP) is 1.29. The Balaban J connectivity index is 0.000000960. The van der Waals surface area contributed by atoms with Gasteiger partial charge in [0, 0.05) is 30.0 Å². The molecule has 1 amide bonds. The van der Waals surface area contributed by atoms with Crippen molar-refractivity contribution >= 4 is 36.5 Å². The maximum atomic E-state index is 12.3. The van der Waals surface area contributed by atoms with Crippen molar-refractivity contribution in [1.29, 1.82) is 0 Å². The van der Waals surface area contributed by atoms with E-state index in [1.165, 1.54) is 12.8 Å². The first-order chi connectivity index (χ1) is 10.2. The molecule has 2 aliphatic heterocycles.